The molecule has 0 aliphatic rings. The van der Waals surface area contributed by atoms with Gasteiger partial charge in [0, 0.05) is 13.5 Å². The van der Waals surface area contributed by atoms with Crippen LogP contribution in [-0.2, 0) is 11.2 Å². The SMILES string of the molecule is CNC(=O)[C@@H]([NH3+])Cc1ccccc1.[Cl-]. The van der Waals surface area contributed by atoms with Gasteiger partial charge in [-0.05, 0) is 5.56 Å². The van der Waals surface area contributed by atoms with Gasteiger partial charge in [0.05, 0.1) is 0 Å². The molecule has 0 aliphatic carbocycles. The number of likely N-dealkylation sites (N-methyl/N-ethyl adjacent to an activating group) is 1. The topological polar surface area (TPSA) is 56.7 Å². The molecule has 14 heavy (non-hydrogen) atoms. The molecule has 1 amide bonds. The Labute approximate surface area is 90.1 Å². The highest BCUT2D eigenvalue weighted by Gasteiger charge is 2.15. The molecule has 78 valence electrons. The molecule has 0 spiro atoms. The number of rotatable bonds is 3. The van der Waals surface area contributed by atoms with E-state index in [9.17, 15) is 4.79 Å². The van der Waals surface area contributed by atoms with Crippen LogP contribution < -0.4 is 23.5 Å². The number of quaternary nitrogens is 1. The van der Waals surface area contributed by atoms with Gasteiger partial charge in [-0.15, -0.1) is 0 Å². The second-order valence-corrected chi connectivity index (χ2v) is 3.00. The van der Waals surface area contributed by atoms with Crippen LogP contribution in [0.2, 0.25) is 0 Å². The van der Waals surface area contributed by atoms with Crippen LogP contribution in [0.1, 0.15) is 5.56 Å². The van der Waals surface area contributed by atoms with Crippen molar-refractivity contribution in [2.45, 2.75) is 12.5 Å². The van der Waals surface area contributed by atoms with Gasteiger partial charge in [0.2, 0.25) is 0 Å². The Bertz CT molecular complexity index is 277. The molecule has 3 nitrogen and oxygen atoms in total. The second-order valence-electron chi connectivity index (χ2n) is 3.00. The monoisotopic (exact) mass is 214 g/mol. The van der Waals surface area contributed by atoms with Gasteiger partial charge in [-0.2, -0.15) is 0 Å². The predicted octanol–water partition coefficient (Wildman–Crippen LogP) is -3.41. The minimum Gasteiger partial charge on any atom is -1.00 e. The van der Waals surface area contributed by atoms with E-state index in [0.29, 0.717) is 6.42 Å². The van der Waals surface area contributed by atoms with Crippen LogP contribution >= 0.6 is 0 Å². The van der Waals surface area contributed by atoms with Crippen molar-refractivity contribution in [2.75, 3.05) is 7.05 Å². The maximum Gasteiger partial charge on any atom is 0.278 e. The number of hydrogen-bond donors (Lipinski definition) is 2. The minimum atomic E-state index is -0.201. The van der Waals surface area contributed by atoms with Crippen LogP contribution in [0.4, 0.5) is 0 Å². The zero-order valence-corrected chi connectivity index (χ0v) is 8.92. The number of carbonyl (C=O) groups excluding carboxylic acids is 1. The number of hydrogen-bond acceptors (Lipinski definition) is 1. The lowest BCUT2D eigenvalue weighted by Crippen LogP contribution is -3.00. The highest BCUT2D eigenvalue weighted by atomic mass is 35.5. The summed E-state index contributed by atoms with van der Waals surface area (Å²) in [4.78, 5) is 11.1. The molecule has 4 heteroatoms. The van der Waals surface area contributed by atoms with Gasteiger partial charge in [-0.3, -0.25) is 4.79 Å². The van der Waals surface area contributed by atoms with Gasteiger partial charge in [0.1, 0.15) is 0 Å². The van der Waals surface area contributed by atoms with Crippen LogP contribution in [0, 0.1) is 0 Å². The van der Waals surface area contributed by atoms with Crippen molar-refractivity contribution in [3.63, 3.8) is 0 Å². The van der Waals surface area contributed by atoms with E-state index in [1.54, 1.807) is 7.05 Å². The summed E-state index contributed by atoms with van der Waals surface area (Å²) < 4.78 is 0. The predicted molar refractivity (Wildman–Crippen MR) is 50.9 cm³/mol. The van der Waals surface area contributed by atoms with Gasteiger partial charge in [0.25, 0.3) is 5.91 Å². The molecule has 0 heterocycles. The molecule has 0 fully saturated rings. The van der Waals surface area contributed by atoms with Crippen molar-refractivity contribution in [1.82, 2.24) is 5.32 Å². The van der Waals surface area contributed by atoms with Gasteiger partial charge >= 0.3 is 0 Å². The van der Waals surface area contributed by atoms with Crippen molar-refractivity contribution in [3.05, 3.63) is 35.9 Å². The standard InChI is InChI=1S/C10H14N2O.ClH/c1-12-10(13)9(11)7-8-5-3-2-4-6-8;/h2-6,9H,7,11H2,1H3,(H,12,13);1H/t9-;/m0./s1. The summed E-state index contributed by atoms with van der Waals surface area (Å²) in [5.41, 5.74) is 4.94. The van der Waals surface area contributed by atoms with Crippen LogP contribution in [0.25, 0.3) is 0 Å². The van der Waals surface area contributed by atoms with E-state index in [-0.39, 0.29) is 24.4 Å². The van der Waals surface area contributed by atoms with E-state index in [1.165, 1.54) is 0 Å². The molecular weight excluding hydrogens is 200 g/mol. The quantitative estimate of drug-likeness (QED) is 0.542. The minimum absolute atomic E-state index is 0. The maximum absolute atomic E-state index is 11.1. The average molecular weight is 215 g/mol. The fourth-order valence-electron chi connectivity index (χ4n) is 1.20. The number of halogens is 1. The van der Waals surface area contributed by atoms with Crippen LogP contribution in [-0.4, -0.2) is 19.0 Å². The van der Waals surface area contributed by atoms with E-state index in [0.717, 1.165) is 5.56 Å². The fraction of sp³-hybridized carbons (Fsp3) is 0.300. The summed E-state index contributed by atoms with van der Waals surface area (Å²) in [7, 11) is 1.63. The molecule has 1 rings (SSSR count). The normalized spacial score (nSPS) is 11.3. The third kappa shape index (κ3) is 3.77. The summed E-state index contributed by atoms with van der Waals surface area (Å²) in [5, 5.41) is 2.58. The molecule has 1 atom stereocenters. The molecular formula is C10H15ClN2O. The summed E-state index contributed by atoms with van der Waals surface area (Å²) in [6, 6.07) is 9.69. The van der Waals surface area contributed by atoms with Gasteiger partial charge in [-0.1, -0.05) is 30.3 Å². The van der Waals surface area contributed by atoms with Crippen LogP contribution in [0.5, 0.6) is 0 Å². The third-order valence-corrected chi connectivity index (χ3v) is 1.94. The average Bonchev–Trinajstić information content (AvgIpc) is 2.18. The summed E-state index contributed by atoms with van der Waals surface area (Å²) in [5.74, 6) is -0.0103. The summed E-state index contributed by atoms with van der Waals surface area (Å²) in [6.45, 7) is 0. The Balaban J connectivity index is 0.00000169. The molecule has 0 bridgehead atoms. The summed E-state index contributed by atoms with van der Waals surface area (Å²) >= 11 is 0. The van der Waals surface area contributed by atoms with Crippen molar-refractivity contribution < 1.29 is 22.9 Å². The molecule has 0 unspecified atom stereocenters. The lowest BCUT2D eigenvalue weighted by Gasteiger charge is -2.06. The Hall–Kier alpha value is -1.06. The van der Waals surface area contributed by atoms with E-state index in [4.69, 9.17) is 0 Å². The Morgan fingerprint density at radius 3 is 2.50 bits per heavy atom. The Kier molecular flexibility index (Phi) is 5.92. The number of nitrogens with one attached hydrogen (secondary N) is 1. The molecule has 0 aliphatic heterocycles. The molecule has 1 aromatic carbocycles. The molecule has 0 aromatic heterocycles. The van der Waals surface area contributed by atoms with Gasteiger partial charge < -0.3 is 23.5 Å². The fourth-order valence-corrected chi connectivity index (χ4v) is 1.20. The molecule has 0 saturated heterocycles. The van der Waals surface area contributed by atoms with Crippen LogP contribution in [0.15, 0.2) is 30.3 Å². The second kappa shape index (κ2) is 6.40. The third-order valence-electron chi connectivity index (χ3n) is 1.94. The van der Waals surface area contributed by atoms with Crippen molar-refractivity contribution in [2.24, 2.45) is 0 Å². The lowest BCUT2D eigenvalue weighted by molar-refractivity contribution is -0.403. The van der Waals surface area contributed by atoms with E-state index in [2.05, 4.69) is 11.1 Å². The van der Waals surface area contributed by atoms with Crippen molar-refractivity contribution >= 4 is 5.91 Å². The van der Waals surface area contributed by atoms with Gasteiger partial charge in [-0.25, -0.2) is 0 Å². The zero-order chi connectivity index (χ0) is 9.68. The number of benzene rings is 1. The first-order valence-electron chi connectivity index (χ1n) is 4.32. The van der Waals surface area contributed by atoms with Crippen molar-refractivity contribution in [3.8, 4) is 0 Å². The van der Waals surface area contributed by atoms with Gasteiger partial charge in [0.15, 0.2) is 6.04 Å². The molecule has 1 aromatic rings. The highest BCUT2D eigenvalue weighted by Crippen LogP contribution is 2.00. The maximum atomic E-state index is 11.1. The smallest absolute Gasteiger partial charge is 0.278 e. The van der Waals surface area contributed by atoms with E-state index in [1.807, 2.05) is 30.3 Å². The first-order chi connectivity index (χ1) is 6.24. The first-order valence-corrected chi connectivity index (χ1v) is 4.32. The molecule has 4 N–H and O–H groups in total. The summed E-state index contributed by atoms with van der Waals surface area (Å²) in [6.07, 6.45) is 0.695. The Morgan fingerprint density at radius 2 is 2.00 bits per heavy atom. The van der Waals surface area contributed by atoms with E-state index < -0.39 is 0 Å². The molecule has 0 radical (unpaired) electrons. The van der Waals surface area contributed by atoms with Crippen LogP contribution in [0.3, 0.4) is 0 Å². The Morgan fingerprint density at radius 1 is 1.43 bits per heavy atom. The largest absolute Gasteiger partial charge is 1.00 e. The van der Waals surface area contributed by atoms with E-state index >= 15 is 0 Å². The highest BCUT2D eigenvalue weighted by molar-refractivity contribution is 5.80. The lowest BCUT2D eigenvalue weighted by atomic mass is 10.1. The first kappa shape index (κ1) is 12.9. The number of amides is 1. The zero-order valence-electron chi connectivity index (χ0n) is 8.16. The molecule has 0 saturated carbocycles. The van der Waals surface area contributed by atoms with Crippen molar-refractivity contribution in [1.29, 1.82) is 0 Å². The number of carbonyl (C=O) groups is 1.